The average molecular weight is 130 g/mol. The summed E-state index contributed by atoms with van der Waals surface area (Å²) in [6.45, 7) is 1.24. The van der Waals surface area contributed by atoms with Crippen LogP contribution >= 0.6 is 0 Å². The minimum atomic E-state index is -0.406. The smallest absolute Gasteiger partial charge is 0.246 e. The summed E-state index contributed by atoms with van der Waals surface area (Å²) in [5, 5.41) is 13.9. The largest absolute Gasteiger partial charge is 0.387 e. The van der Waals surface area contributed by atoms with Gasteiger partial charge >= 0.3 is 0 Å². The lowest BCUT2D eigenvalue weighted by Gasteiger charge is -2.27. The Bertz CT molecular complexity index is 112. The van der Waals surface area contributed by atoms with Gasteiger partial charge in [-0.3, -0.25) is 4.79 Å². The van der Waals surface area contributed by atoms with E-state index in [2.05, 4.69) is 10.6 Å². The molecule has 1 aliphatic heterocycles. The second kappa shape index (κ2) is 2.80. The quantitative estimate of drug-likeness (QED) is 0.408. The number of hydrogen-bond acceptors (Lipinski definition) is 3. The van der Waals surface area contributed by atoms with Crippen LogP contribution in [0.2, 0.25) is 0 Å². The fourth-order valence-electron chi connectivity index (χ4n) is 0.664. The van der Waals surface area contributed by atoms with E-state index in [0.29, 0.717) is 0 Å². The van der Waals surface area contributed by atoms with Crippen molar-refractivity contribution < 1.29 is 9.90 Å². The van der Waals surface area contributed by atoms with Crippen LogP contribution in [-0.2, 0) is 4.79 Å². The Hall–Kier alpha value is -0.610. The molecule has 0 aromatic heterocycles. The number of amides is 1. The SMILES string of the molecule is O=C(CO)NC1CNC1. The van der Waals surface area contributed by atoms with Gasteiger partial charge in [0.2, 0.25) is 5.91 Å². The molecule has 1 heterocycles. The first-order valence-corrected chi connectivity index (χ1v) is 2.94. The van der Waals surface area contributed by atoms with Gasteiger partial charge < -0.3 is 15.7 Å². The first-order chi connectivity index (χ1) is 4.33. The summed E-state index contributed by atoms with van der Waals surface area (Å²) in [5.74, 6) is -0.290. The number of nitrogens with one attached hydrogen (secondary N) is 2. The van der Waals surface area contributed by atoms with Crippen LogP contribution in [0.1, 0.15) is 0 Å². The molecule has 1 fully saturated rings. The molecule has 0 atom stereocenters. The molecule has 52 valence electrons. The van der Waals surface area contributed by atoms with Gasteiger partial charge in [0.05, 0.1) is 6.04 Å². The Morgan fingerprint density at radius 3 is 2.78 bits per heavy atom. The van der Waals surface area contributed by atoms with E-state index >= 15 is 0 Å². The molecular weight excluding hydrogens is 120 g/mol. The van der Waals surface area contributed by atoms with Crippen molar-refractivity contribution in [1.82, 2.24) is 10.6 Å². The molecule has 0 aliphatic carbocycles. The minimum Gasteiger partial charge on any atom is -0.387 e. The molecule has 0 saturated carbocycles. The Morgan fingerprint density at radius 1 is 1.78 bits per heavy atom. The predicted octanol–water partition coefficient (Wildman–Crippen LogP) is -1.93. The van der Waals surface area contributed by atoms with Crippen LogP contribution < -0.4 is 10.6 Å². The Morgan fingerprint density at radius 2 is 2.44 bits per heavy atom. The third-order valence-electron chi connectivity index (χ3n) is 1.29. The van der Waals surface area contributed by atoms with Crippen LogP contribution in [0.4, 0.5) is 0 Å². The first-order valence-electron chi connectivity index (χ1n) is 2.94. The van der Waals surface area contributed by atoms with Gasteiger partial charge in [0.1, 0.15) is 6.61 Å². The van der Waals surface area contributed by atoms with Crippen LogP contribution in [0, 0.1) is 0 Å². The van der Waals surface area contributed by atoms with E-state index in [0.717, 1.165) is 13.1 Å². The third-order valence-corrected chi connectivity index (χ3v) is 1.29. The summed E-state index contributed by atoms with van der Waals surface area (Å²) < 4.78 is 0. The molecule has 0 unspecified atom stereocenters. The van der Waals surface area contributed by atoms with Gasteiger partial charge in [-0.15, -0.1) is 0 Å². The fourth-order valence-corrected chi connectivity index (χ4v) is 0.664. The van der Waals surface area contributed by atoms with Crippen molar-refractivity contribution in [1.29, 1.82) is 0 Å². The van der Waals surface area contributed by atoms with E-state index in [4.69, 9.17) is 5.11 Å². The van der Waals surface area contributed by atoms with Crippen molar-refractivity contribution >= 4 is 5.91 Å². The van der Waals surface area contributed by atoms with Crippen molar-refractivity contribution in [2.45, 2.75) is 6.04 Å². The molecule has 0 aromatic rings. The maximum Gasteiger partial charge on any atom is 0.246 e. The molecule has 4 nitrogen and oxygen atoms in total. The number of aliphatic hydroxyl groups excluding tert-OH is 1. The van der Waals surface area contributed by atoms with Crippen molar-refractivity contribution in [2.75, 3.05) is 19.7 Å². The van der Waals surface area contributed by atoms with E-state index in [9.17, 15) is 4.79 Å². The molecule has 0 spiro atoms. The summed E-state index contributed by atoms with van der Waals surface area (Å²) in [6, 6.07) is 0.240. The fraction of sp³-hybridized carbons (Fsp3) is 0.800. The number of carbonyl (C=O) groups is 1. The second-order valence-corrected chi connectivity index (χ2v) is 2.08. The van der Waals surface area contributed by atoms with E-state index < -0.39 is 6.61 Å². The summed E-state index contributed by atoms with van der Waals surface area (Å²) in [5.41, 5.74) is 0. The molecule has 1 rings (SSSR count). The maximum absolute atomic E-state index is 10.4. The van der Waals surface area contributed by atoms with E-state index in [-0.39, 0.29) is 11.9 Å². The molecule has 4 heteroatoms. The normalized spacial score (nSPS) is 18.8. The number of aliphatic hydroxyl groups is 1. The zero-order chi connectivity index (χ0) is 6.69. The van der Waals surface area contributed by atoms with Gasteiger partial charge in [0.15, 0.2) is 0 Å². The number of rotatable bonds is 2. The molecule has 1 aliphatic rings. The Labute approximate surface area is 53.2 Å². The number of hydrogen-bond donors (Lipinski definition) is 3. The summed E-state index contributed by atoms with van der Waals surface area (Å²) in [6.07, 6.45) is 0. The molecule has 0 aromatic carbocycles. The summed E-state index contributed by atoms with van der Waals surface area (Å²) in [7, 11) is 0. The molecule has 0 bridgehead atoms. The predicted molar refractivity (Wildman–Crippen MR) is 31.9 cm³/mol. The highest BCUT2D eigenvalue weighted by atomic mass is 16.3. The van der Waals surface area contributed by atoms with Crippen molar-refractivity contribution in [2.24, 2.45) is 0 Å². The standard InChI is InChI=1S/C5H10N2O2/c8-3-5(9)7-4-1-6-2-4/h4,6,8H,1-3H2,(H,7,9). The van der Waals surface area contributed by atoms with Crippen molar-refractivity contribution in [3.63, 3.8) is 0 Å². The van der Waals surface area contributed by atoms with Crippen LogP contribution in [0.3, 0.4) is 0 Å². The summed E-state index contributed by atoms with van der Waals surface area (Å²) in [4.78, 5) is 10.4. The first kappa shape index (κ1) is 6.51. The molecule has 3 N–H and O–H groups in total. The van der Waals surface area contributed by atoms with Gasteiger partial charge in [-0.05, 0) is 0 Å². The van der Waals surface area contributed by atoms with E-state index in [1.165, 1.54) is 0 Å². The van der Waals surface area contributed by atoms with Gasteiger partial charge in [0.25, 0.3) is 0 Å². The minimum absolute atomic E-state index is 0.240. The summed E-state index contributed by atoms with van der Waals surface area (Å²) >= 11 is 0. The molecule has 9 heavy (non-hydrogen) atoms. The van der Waals surface area contributed by atoms with Crippen LogP contribution in [0.5, 0.6) is 0 Å². The molecule has 1 amide bonds. The lowest BCUT2D eigenvalue weighted by molar-refractivity contribution is -0.124. The monoisotopic (exact) mass is 130 g/mol. The molecule has 1 saturated heterocycles. The number of carbonyl (C=O) groups excluding carboxylic acids is 1. The van der Waals surface area contributed by atoms with Crippen molar-refractivity contribution in [3.05, 3.63) is 0 Å². The lowest BCUT2D eigenvalue weighted by atomic mass is 10.2. The van der Waals surface area contributed by atoms with Gasteiger partial charge in [-0.2, -0.15) is 0 Å². The average Bonchev–Trinajstić information content (AvgIpc) is 1.78. The highest BCUT2D eigenvalue weighted by molar-refractivity contribution is 5.77. The Kier molecular flexibility index (Phi) is 2.02. The highest BCUT2D eigenvalue weighted by Gasteiger charge is 2.17. The molecular formula is C5H10N2O2. The van der Waals surface area contributed by atoms with E-state index in [1.54, 1.807) is 0 Å². The zero-order valence-electron chi connectivity index (χ0n) is 5.05. The van der Waals surface area contributed by atoms with Gasteiger partial charge in [0, 0.05) is 13.1 Å². The van der Waals surface area contributed by atoms with Crippen LogP contribution in [-0.4, -0.2) is 36.8 Å². The topological polar surface area (TPSA) is 61.4 Å². The lowest BCUT2D eigenvalue weighted by Crippen LogP contribution is -2.57. The second-order valence-electron chi connectivity index (χ2n) is 2.08. The maximum atomic E-state index is 10.4. The third kappa shape index (κ3) is 1.65. The zero-order valence-corrected chi connectivity index (χ0v) is 5.05. The Balaban J connectivity index is 2.09. The van der Waals surface area contributed by atoms with Crippen LogP contribution in [0.15, 0.2) is 0 Å². The van der Waals surface area contributed by atoms with Gasteiger partial charge in [-0.25, -0.2) is 0 Å². The van der Waals surface area contributed by atoms with Crippen LogP contribution in [0.25, 0.3) is 0 Å². The highest BCUT2D eigenvalue weighted by Crippen LogP contribution is 1.88. The van der Waals surface area contributed by atoms with E-state index in [1.807, 2.05) is 0 Å². The van der Waals surface area contributed by atoms with Gasteiger partial charge in [-0.1, -0.05) is 0 Å². The van der Waals surface area contributed by atoms with Crippen molar-refractivity contribution in [3.8, 4) is 0 Å². The molecule has 0 radical (unpaired) electrons.